The number of nitrogens with two attached hydrogens (primary N) is 2. The number of anilines is 1. The largest absolute Gasteiger partial charge is 0.480 e. The number of halogens is 2. The molecule has 0 fully saturated rings. The molecule has 1 aromatic rings. The van der Waals surface area contributed by atoms with Crippen LogP contribution in [0.1, 0.15) is 16.8 Å². The third kappa shape index (κ3) is 4.01. The Labute approximate surface area is 123 Å². The lowest BCUT2D eigenvalue weighted by molar-refractivity contribution is -0.140. The second-order valence-electron chi connectivity index (χ2n) is 3.89. The van der Waals surface area contributed by atoms with E-state index in [0.29, 0.717) is 0 Å². The lowest BCUT2D eigenvalue weighted by Gasteiger charge is -2.13. The highest BCUT2D eigenvalue weighted by Crippen LogP contribution is 2.28. The van der Waals surface area contributed by atoms with E-state index in [1.54, 1.807) is 0 Å². The van der Waals surface area contributed by atoms with Crippen LogP contribution >= 0.6 is 23.2 Å². The van der Waals surface area contributed by atoms with Gasteiger partial charge in [-0.1, -0.05) is 23.2 Å². The van der Waals surface area contributed by atoms with Crippen LogP contribution in [-0.2, 0) is 9.59 Å². The molecule has 9 heteroatoms. The molecule has 0 radical (unpaired) electrons. The van der Waals surface area contributed by atoms with E-state index >= 15 is 0 Å². The maximum absolute atomic E-state index is 11.9. The number of aliphatic carboxylic acids is 1. The molecule has 0 aliphatic heterocycles. The van der Waals surface area contributed by atoms with E-state index in [0.717, 1.165) is 0 Å². The summed E-state index contributed by atoms with van der Waals surface area (Å²) in [6.45, 7) is 0. The van der Waals surface area contributed by atoms with Crippen LogP contribution < -0.4 is 16.8 Å². The van der Waals surface area contributed by atoms with Crippen molar-refractivity contribution in [2.45, 2.75) is 12.5 Å². The van der Waals surface area contributed by atoms with Gasteiger partial charge in [-0.05, 0) is 12.1 Å². The number of amides is 2. The number of carboxylic acids is 1. The fraction of sp³-hybridized carbons (Fsp3) is 0.182. The van der Waals surface area contributed by atoms with Gasteiger partial charge in [0.1, 0.15) is 6.04 Å². The third-order valence-electron chi connectivity index (χ3n) is 2.35. The topological polar surface area (TPSA) is 136 Å². The Balaban J connectivity index is 2.95. The number of hydrogen-bond donors (Lipinski definition) is 4. The lowest BCUT2D eigenvalue weighted by Crippen LogP contribution is -2.43. The minimum Gasteiger partial charge on any atom is -0.480 e. The van der Waals surface area contributed by atoms with Gasteiger partial charge in [-0.25, -0.2) is 4.79 Å². The molecule has 7 nitrogen and oxygen atoms in total. The summed E-state index contributed by atoms with van der Waals surface area (Å²) in [4.78, 5) is 33.5. The number of hydrogen-bond acceptors (Lipinski definition) is 4. The molecule has 1 aromatic carbocycles. The molecule has 0 aromatic heterocycles. The summed E-state index contributed by atoms with van der Waals surface area (Å²) < 4.78 is 0. The normalized spacial score (nSPS) is 11.7. The van der Waals surface area contributed by atoms with Crippen LogP contribution in [0.2, 0.25) is 10.0 Å². The summed E-state index contributed by atoms with van der Waals surface area (Å²) in [5, 5.41) is 11.1. The highest BCUT2D eigenvalue weighted by atomic mass is 35.5. The summed E-state index contributed by atoms with van der Waals surface area (Å²) in [5.41, 5.74) is 10.5. The summed E-state index contributed by atoms with van der Waals surface area (Å²) in [6.07, 6.45) is -0.530. The molecule has 0 bridgehead atoms. The van der Waals surface area contributed by atoms with Gasteiger partial charge in [-0.15, -0.1) is 0 Å². The van der Waals surface area contributed by atoms with Crippen molar-refractivity contribution < 1.29 is 19.5 Å². The molecule has 0 unspecified atom stereocenters. The van der Waals surface area contributed by atoms with Gasteiger partial charge in [0.05, 0.1) is 22.2 Å². The molecule has 6 N–H and O–H groups in total. The van der Waals surface area contributed by atoms with Gasteiger partial charge in [0, 0.05) is 5.56 Å². The molecule has 0 aliphatic carbocycles. The van der Waals surface area contributed by atoms with Gasteiger partial charge in [0.25, 0.3) is 5.91 Å². The first-order valence-electron chi connectivity index (χ1n) is 5.29. The second kappa shape index (κ2) is 6.44. The molecule has 0 spiro atoms. The maximum atomic E-state index is 11.9. The van der Waals surface area contributed by atoms with Crippen molar-refractivity contribution >= 4 is 46.7 Å². The molecule has 0 saturated heterocycles. The number of carbonyl (C=O) groups excluding carboxylic acids is 2. The summed E-state index contributed by atoms with van der Waals surface area (Å²) in [6, 6.07) is 1.04. The number of carbonyl (C=O) groups is 3. The zero-order valence-electron chi connectivity index (χ0n) is 10.0. The van der Waals surface area contributed by atoms with Gasteiger partial charge in [0.15, 0.2) is 0 Å². The van der Waals surface area contributed by atoms with Gasteiger partial charge in [-0.3, -0.25) is 9.59 Å². The van der Waals surface area contributed by atoms with E-state index in [2.05, 4.69) is 5.32 Å². The van der Waals surface area contributed by atoms with Crippen LogP contribution in [0, 0.1) is 0 Å². The van der Waals surface area contributed by atoms with Crippen molar-refractivity contribution in [2.24, 2.45) is 5.73 Å². The number of carboxylic acid groups (broad SMARTS) is 1. The van der Waals surface area contributed by atoms with Crippen LogP contribution in [0.4, 0.5) is 5.69 Å². The first-order valence-corrected chi connectivity index (χ1v) is 6.04. The van der Waals surface area contributed by atoms with Gasteiger partial charge in [0.2, 0.25) is 5.91 Å². The van der Waals surface area contributed by atoms with Crippen molar-refractivity contribution in [2.75, 3.05) is 5.73 Å². The molecular weight excluding hydrogens is 309 g/mol. The number of primary amides is 1. The van der Waals surface area contributed by atoms with Crippen molar-refractivity contribution in [3.8, 4) is 0 Å². The fourth-order valence-corrected chi connectivity index (χ4v) is 1.85. The van der Waals surface area contributed by atoms with Crippen molar-refractivity contribution in [1.82, 2.24) is 5.32 Å². The first kappa shape index (κ1) is 16.1. The van der Waals surface area contributed by atoms with E-state index in [1.807, 2.05) is 0 Å². The Hall–Kier alpha value is -1.99. The van der Waals surface area contributed by atoms with Crippen LogP contribution in [0.25, 0.3) is 0 Å². The zero-order chi connectivity index (χ0) is 15.4. The fourth-order valence-electron chi connectivity index (χ4n) is 1.36. The smallest absolute Gasteiger partial charge is 0.326 e. The van der Waals surface area contributed by atoms with Crippen molar-refractivity contribution in [1.29, 1.82) is 0 Å². The van der Waals surface area contributed by atoms with E-state index in [-0.39, 0.29) is 21.3 Å². The molecule has 0 heterocycles. The predicted octanol–water partition coefficient (Wildman–Crippen LogP) is 0.634. The summed E-state index contributed by atoms with van der Waals surface area (Å²) >= 11 is 11.5. The SMILES string of the molecule is NC(=O)C[C@H](NC(=O)c1cc(Cl)c(N)c(Cl)c1)C(=O)O. The molecule has 108 valence electrons. The second-order valence-corrected chi connectivity index (χ2v) is 4.70. The van der Waals surface area contributed by atoms with Gasteiger partial charge in [-0.2, -0.15) is 0 Å². The predicted molar refractivity (Wildman–Crippen MR) is 73.6 cm³/mol. The Morgan fingerprint density at radius 2 is 1.75 bits per heavy atom. The van der Waals surface area contributed by atoms with Gasteiger partial charge >= 0.3 is 5.97 Å². The first-order chi connectivity index (χ1) is 9.22. The zero-order valence-corrected chi connectivity index (χ0v) is 11.5. The Bertz CT molecular complexity index is 554. The highest BCUT2D eigenvalue weighted by Gasteiger charge is 2.23. The Morgan fingerprint density at radius 1 is 1.25 bits per heavy atom. The van der Waals surface area contributed by atoms with E-state index < -0.39 is 30.2 Å². The number of rotatable bonds is 5. The van der Waals surface area contributed by atoms with Crippen LogP contribution in [0.5, 0.6) is 0 Å². The molecule has 1 rings (SSSR count). The summed E-state index contributed by atoms with van der Waals surface area (Å²) in [5.74, 6) is -3.00. The van der Waals surface area contributed by atoms with Crippen molar-refractivity contribution in [3.63, 3.8) is 0 Å². The van der Waals surface area contributed by atoms with E-state index in [4.69, 9.17) is 39.8 Å². The van der Waals surface area contributed by atoms with E-state index in [9.17, 15) is 14.4 Å². The van der Waals surface area contributed by atoms with E-state index in [1.165, 1.54) is 12.1 Å². The molecule has 0 saturated carbocycles. The lowest BCUT2D eigenvalue weighted by atomic mass is 10.1. The minimum atomic E-state index is -1.44. The number of nitrogens with one attached hydrogen (secondary N) is 1. The van der Waals surface area contributed by atoms with Crippen LogP contribution in [0.3, 0.4) is 0 Å². The summed E-state index contributed by atoms with van der Waals surface area (Å²) in [7, 11) is 0. The Kier molecular flexibility index (Phi) is 5.18. The highest BCUT2D eigenvalue weighted by molar-refractivity contribution is 6.39. The average molecular weight is 320 g/mol. The number of nitrogen functional groups attached to an aromatic ring is 1. The maximum Gasteiger partial charge on any atom is 0.326 e. The van der Waals surface area contributed by atoms with Gasteiger partial charge < -0.3 is 21.9 Å². The molecule has 2 amide bonds. The average Bonchev–Trinajstić information content (AvgIpc) is 2.33. The molecule has 1 atom stereocenters. The monoisotopic (exact) mass is 319 g/mol. The Morgan fingerprint density at radius 3 is 2.15 bits per heavy atom. The third-order valence-corrected chi connectivity index (χ3v) is 2.98. The standard InChI is InChI=1S/C11H11Cl2N3O4/c12-5-1-4(2-6(13)9(5)15)10(18)16-7(11(19)20)3-8(14)17/h1-2,7H,3,15H2,(H2,14,17)(H,16,18)(H,19,20)/t7-/m0/s1. The number of benzene rings is 1. The van der Waals surface area contributed by atoms with Crippen LogP contribution in [-0.4, -0.2) is 28.9 Å². The quantitative estimate of drug-likeness (QED) is 0.590. The van der Waals surface area contributed by atoms with Crippen molar-refractivity contribution in [3.05, 3.63) is 27.7 Å². The minimum absolute atomic E-state index is 0.0184. The van der Waals surface area contributed by atoms with Crippen LogP contribution in [0.15, 0.2) is 12.1 Å². The molecular formula is C11H11Cl2N3O4. The molecule has 0 aliphatic rings. The molecule has 20 heavy (non-hydrogen) atoms.